The van der Waals surface area contributed by atoms with Crippen LogP contribution in [-0.4, -0.2) is 32.5 Å². The molecule has 5 nitrogen and oxygen atoms in total. The van der Waals surface area contributed by atoms with Gasteiger partial charge in [-0.2, -0.15) is 5.10 Å². The summed E-state index contributed by atoms with van der Waals surface area (Å²) in [5.41, 5.74) is -0.360. The maximum atomic E-state index is 11.0. The number of aromatic nitrogens is 2. The number of carboxylic acids is 1. The number of nitrogens with one attached hydrogen (secondary N) is 1. The molecule has 3 N–H and O–H groups in total. The van der Waals surface area contributed by atoms with E-state index in [9.17, 15) is 4.79 Å². The number of aliphatic hydroxyl groups excluding tert-OH is 1. The fraction of sp³-hybridized carbons (Fsp3) is 0.500. The van der Waals surface area contributed by atoms with E-state index in [0.717, 1.165) is 0 Å². The Morgan fingerprint density at radius 3 is 2.77 bits per heavy atom. The number of hydrogen-bond acceptors (Lipinski definition) is 3. The third-order valence-electron chi connectivity index (χ3n) is 2.59. The van der Waals surface area contributed by atoms with Crippen LogP contribution in [0.1, 0.15) is 18.5 Å². The van der Waals surface area contributed by atoms with Gasteiger partial charge in [-0.1, -0.05) is 0 Å². The Hall–Kier alpha value is -1.36. The quantitative estimate of drug-likeness (QED) is 0.595. The number of rotatable bonds is 2. The third-order valence-corrected chi connectivity index (χ3v) is 2.59. The first-order valence-electron chi connectivity index (χ1n) is 4.06. The van der Waals surface area contributed by atoms with Gasteiger partial charge < -0.3 is 10.2 Å². The van der Waals surface area contributed by atoms with Crippen molar-refractivity contribution in [2.75, 3.05) is 0 Å². The van der Waals surface area contributed by atoms with E-state index in [1.807, 2.05) is 0 Å². The molecule has 1 aromatic rings. The largest absolute Gasteiger partial charge is 0.481 e. The van der Waals surface area contributed by atoms with E-state index in [2.05, 4.69) is 10.2 Å². The summed E-state index contributed by atoms with van der Waals surface area (Å²) in [6.07, 6.45) is 1.55. The lowest BCUT2D eigenvalue weighted by atomic mass is 9.65. The molecule has 13 heavy (non-hydrogen) atoms. The van der Waals surface area contributed by atoms with Crippen LogP contribution in [0.25, 0.3) is 0 Å². The summed E-state index contributed by atoms with van der Waals surface area (Å²) in [5, 5.41) is 24.5. The summed E-state index contributed by atoms with van der Waals surface area (Å²) in [6, 6.07) is 1.64. The number of carbonyl (C=O) groups is 1. The van der Waals surface area contributed by atoms with Crippen molar-refractivity contribution in [3.8, 4) is 0 Å². The first kappa shape index (κ1) is 8.25. The number of hydrogen-bond donors (Lipinski definition) is 3. The highest BCUT2D eigenvalue weighted by Crippen LogP contribution is 2.43. The van der Waals surface area contributed by atoms with Gasteiger partial charge in [-0.25, -0.2) is 0 Å². The smallest absolute Gasteiger partial charge is 0.315 e. The maximum Gasteiger partial charge on any atom is 0.315 e. The molecule has 0 spiro atoms. The van der Waals surface area contributed by atoms with Gasteiger partial charge in [0.1, 0.15) is 5.41 Å². The molecular weight excluding hydrogens is 172 g/mol. The summed E-state index contributed by atoms with van der Waals surface area (Å²) in [6.45, 7) is 0. The number of aliphatic carboxylic acids is 1. The normalized spacial score (nSPS) is 32.5. The molecule has 0 aromatic carbocycles. The van der Waals surface area contributed by atoms with Crippen molar-refractivity contribution in [1.82, 2.24) is 10.2 Å². The zero-order valence-corrected chi connectivity index (χ0v) is 6.90. The van der Waals surface area contributed by atoms with Crippen molar-refractivity contribution in [3.63, 3.8) is 0 Å². The number of nitrogens with zero attached hydrogens (tertiary/aromatic N) is 1. The summed E-state index contributed by atoms with van der Waals surface area (Å²) in [4.78, 5) is 11.0. The maximum absolute atomic E-state index is 11.0. The predicted molar refractivity (Wildman–Crippen MR) is 43.1 cm³/mol. The molecule has 0 radical (unpaired) electrons. The fourth-order valence-corrected chi connectivity index (χ4v) is 1.78. The molecule has 0 amide bonds. The van der Waals surface area contributed by atoms with Crippen LogP contribution in [0, 0.1) is 0 Å². The molecule has 5 heteroatoms. The van der Waals surface area contributed by atoms with E-state index in [1.54, 1.807) is 6.07 Å². The first-order chi connectivity index (χ1) is 6.15. The molecule has 1 aliphatic rings. The van der Waals surface area contributed by atoms with E-state index in [1.165, 1.54) is 6.20 Å². The summed E-state index contributed by atoms with van der Waals surface area (Å²) in [5.74, 6) is -0.901. The second-order valence-corrected chi connectivity index (χ2v) is 3.42. The second-order valence-electron chi connectivity index (χ2n) is 3.42. The van der Waals surface area contributed by atoms with Gasteiger partial charge in [0, 0.05) is 6.20 Å². The molecule has 1 aromatic heterocycles. The van der Waals surface area contributed by atoms with Gasteiger partial charge >= 0.3 is 5.97 Å². The summed E-state index contributed by atoms with van der Waals surface area (Å²) in [7, 11) is 0. The highest BCUT2D eigenvalue weighted by Gasteiger charge is 2.52. The van der Waals surface area contributed by atoms with Crippen molar-refractivity contribution in [2.45, 2.75) is 24.4 Å². The van der Waals surface area contributed by atoms with Crippen molar-refractivity contribution in [1.29, 1.82) is 0 Å². The molecular formula is C8H10N2O3. The lowest BCUT2D eigenvalue weighted by molar-refractivity contribution is -0.153. The van der Waals surface area contributed by atoms with Crippen LogP contribution in [0.15, 0.2) is 12.3 Å². The molecule has 2 rings (SSSR count). The molecule has 0 unspecified atom stereocenters. The van der Waals surface area contributed by atoms with Crippen LogP contribution in [0.5, 0.6) is 0 Å². The van der Waals surface area contributed by atoms with Gasteiger partial charge in [0.05, 0.1) is 11.8 Å². The minimum atomic E-state index is -0.935. The fourth-order valence-electron chi connectivity index (χ4n) is 1.78. The average Bonchev–Trinajstić information content (AvgIpc) is 2.49. The van der Waals surface area contributed by atoms with Gasteiger partial charge in [0.15, 0.2) is 0 Å². The van der Waals surface area contributed by atoms with Crippen LogP contribution in [0.4, 0.5) is 0 Å². The van der Waals surface area contributed by atoms with Crippen LogP contribution in [0.3, 0.4) is 0 Å². The van der Waals surface area contributed by atoms with Gasteiger partial charge in [0.2, 0.25) is 0 Å². The SMILES string of the molecule is O=C(O)C1(c2ccn[nH]2)CC(O)C1. The van der Waals surface area contributed by atoms with Crippen LogP contribution in [0.2, 0.25) is 0 Å². The Labute approximate surface area is 74.4 Å². The molecule has 0 aliphatic heterocycles. The Balaban J connectivity index is 2.31. The molecule has 1 aliphatic carbocycles. The van der Waals surface area contributed by atoms with Gasteiger partial charge in [-0.3, -0.25) is 9.89 Å². The zero-order chi connectivity index (χ0) is 9.47. The molecule has 0 atom stereocenters. The van der Waals surface area contributed by atoms with E-state index in [-0.39, 0.29) is 12.8 Å². The van der Waals surface area contributed by atoms with Crippen LogP contribution >= 0.6 is 0 Å². The first-order valence-corrected chi connectivity index (χ1v) is 4.06. The molecule has 0 bridgehead atoms. The highest BCUT2D eigenvalue weighted by atomic mass is 16.4. The van der Waals surface area contributed by atoms with E-state index in [4.69, 9.17) is 10.2 Å². The number of H-pyrrole nitrogens is 1. The van der Waals surface area contributed by atoms with Crippen molar-refractivity contribution in [3.05, 3.63) is 18.0 Å². The van der Waals surface area contributed by atoms with Crippen molar-refractivity contribution >= 4 is 5.97 Å². The average molecular weight is 182 g/mol. The van der Waals surface area contributed by atoms with E-state index >= 15 is 0 Å². The Kier molecular flexibility index (Phi) is 1.63. The molecule has 1 saturated carbocycles. The minimum Gasteiger partial charge on any atom is -0.481 e. The lowest BCUT2D eigenvalue weighted by Crippen LogP contribution is -2.50. The topological polar surface area (TPSA) is 86.2 Å². The number of carboxylic acid groups (broad SMARTS) is 1. The molecule has 70 valence electrons. The lowest BCUT2D eigenvalue weighted by Gasteiger charge is -2.40. The summed E-state index contributed by atoms with van der Waals surface area (Å²) < 4.78 is 0. The van der Waals surface area contributed by atoms with Gasteiger partial charge in [-0.15, -0.1) is 0 Å². The van der Waals surface area contributed by atoms with E-state index < -0.39 is 17.5 Å². The zero-order valence-electron chi connectivity index (χ0n) is 6.90. The second kappa shape index (κ2) is 2.56. The monoisotopic (exact) mass is 182 g/mol. The van der Waals surface area contributed by atoms with Crippen molar-refractivity contribution in [2.24, 2.45) is 0 Å². The Bertz CT molecular complexity index is 314. The molecule has 0 saturated heterocycles. The number of aliphatic hydroxyl groups is 1. The Morgan fingerprint density at radius 2 is 2.38 bits per heavy atom. The standard InChI is InChI=1S/C8H10N2O3/c11-5-3-8(4-5,7(12)13)6-1-2-9-10-6/h1-2,5,11H,3-4H2,(H,9,10)(H,12,13). The predicted octanol–water partition coefficient (Wildman–Crippen LogP) is -0.113. The van der Waals surface area contributed by atoms with Gasteiger partial charge in [-0.05, 0) is 18.9 Å². The van der Waals surface area contributed by atoms with Crippen LogP contribution in [-0.2, 0) is 10.2 Å². The van der Waals surface area contributed by atoms with Crippen LogP contribution < -0.4 is 0 Å². The third kappa shape index (κ3) is 1.04. The van der Waals surface area contributed by atoms with Gasteiger partial charge in [0.25, 0.3) is 0 Å². The summed E-state index contributed by atoms with van der Waals surface area (Å²) >= 11 is 0. The van der Waals surface area contributed by atoms with E-state index in [0.29, 0.717) is 5.69 Å². The molecule has 1 heterocycles. The van der Waals surface area contributed by atoms with Crippen molar-refractivity contribution < 1.29 is 15.0 Å². The highest BCUT2D eigenvalue weighted by molar-refractivity contribution is 5.82. The Morgan fingerprint density at radius 1 is 1.69 bits per heavy atom. The minimum absolute atomic E-state index is 0.268. The molecule has 1 fully saturated rings. The number of aromatic amines is 1.